The van der Waals surface area contributed by atoms with Crippen molar-refractivity contribution in [2.24, 2.45) is 5.92 Å². The second kappa shape index (κ2) is 4.98. The predicted octanol–water partition coefficient (Wildman–Crippen LogP) is 1.47. The molecular weight excluding hydrogens is 192 g/mol. The van der Waals surface area contributed by atoms with Gasteiger partial charge in [0.25, 0.3) is 0 Å². The van der Waals surface area contributed by atoms with Crippen LogP contribution in [0, 0.1) is 5.92 Å². The molecule has 1 saturated heterocycles. The molecule has 0 atom stereocenters. The van der Waals surface area contributed by atoms with Gasteiger partial charge < -0.3 is 15.2 Å². The lowest BCUT2D eigenvalue weighted by Crippen LogP contribution is -2.21. The van der Waals surface area contributed by atoms with E-state index >= 15 is 0 Å². The minimum absolute atomic E-state index is 0.595. The van der Waals surface area contributed by atoms with Crippen molar-refractivity contribution in [1.82, 2.24) is 4.98 Å². The molecule has 1 aliphatic heterocycles. The molecule has 0 radical (unpaired) electrons. The van der Waals surface area contributed by atoms with Crippen molar-refractivity contribution in [3.8, 4) is 5.88 Å². The number of rotatable bonds is 3. The van der Waals surface area contributed by atoms with Crippen LogP contribution in [-0.4, -0.2) is 24.8 Å². The highest BCUT2D eigenvalue weighted by Gasteiger charge is 2.14. The Kier molecular flexibility index (Phi) is 3.40. The summed E-state index contributed by atoms with van der Waals surface area (Å²) in [6, 6.07) is 3.60. The Morgan fingerprint density at radius 2 is 2.20 bits per heavy atom. The Bertz CT molecular complexity index is 294. The van der Waals surface area contributed by atoms with Gasteiger partial charge in [-0.1, -0.05) is 0 Å². The van der Waals surface area contributed by atoms with E-state index in [-0.39, 0.29) is 0 Å². The maximum absolute atomic E-state index is 5.58. The number of hydrogen-bond donors (Lipinski definition) is 1. The van der Waals surface area contributed by atoms with E-state index in [9.17, 15) is 0 Å². The first-order valence-electron chi connectivity index (χ1n) is 5.26. The summed E-state index contributed by atoms with van der Waals surface area (Å²) in [6.07, 6.45) is 3.77. The summed E-state index contributed by atoms with van der Waals surface area (Å²) in [5.74, 6) is 1.24. The van der Waals surface area contributed by atoms with Gasteiger partial charge in [-0.2, -0.15) is 0 Å². The topological polar surface area (TPSA) is 57.4 Å². The van der Waals surface area contributed by atoms with Crippen LogP contribution in [0.1, 0.15) is 12.8 Å². The fourth-order valence-electron chi connectivity index (χ4n) is 1.59. The number of nitrogens with zero attached hydrogens (tertiary/aromatic N) is 1. The van der Waals surface area contributed by atoms with Crippen molar-refractivity contribution < 1.29 is 9.47 Å². The number of aromatic nitrogens is 1. The second-order valence-electron chi connectivity index (χ2n) is 3.80. The average molecular weight is 208 g/mol. The number of anilines is 1. The average Bonchev–Trinajstić information content (AvgIpc) is 2.30. The lowest BCUT2D eigenvalue weighted by molar-refractivity contribution is 0.0490. The molecule has 0 unspecified atom stereocenters. The van der Waals surface area contributed by atoms with E-state index < -0.39 is 0 Å². The Labute approximate surface area is 89.4 Å². The van der Waals surface area contributed by atoms with E-state index in [0.29, 0.717) is 17.5 Å². The van der Waals surface area contributed by atoms with Crippen LogP contribution < -0.4 is 10.5 Å². The Morgan fingerprint density at radius 1 is 1.40 bits per heavy atom. The molecule has 0 amide bonds. The van der Waals surface area contributed by atoms with Gasteiger partial charge >= 0.3 is 0 Å². The third kappa shape index (κ3) is 3.09. The SMILES string of the molecule is Nc1ccc(OCC2CCOCC2)nc1. The third-order valence-electron chi connectivity index (χ3n) is 2.57. The number of hydrogen-bond acceptors (Lipinski definition) is 4. The van der Waals surface area contributed by atoms with E-state index in [0.717, 1.165) is 32.7 Å². The first-order chi connectivity index (χ1) is 7.34. The summed E-state index contributed by atoms with van der Waals surface area (Å²) in [5, 5.41) is 0. The van der Waals surface area contributed by atoms with Crippen LogP contribution in [0.3, 0.4) is 0 Å². The highest BCUT2D eigenvalue weighted by Crippen LogP contribution is 2.16. The maximum atomic E-state index is 5.58. The molecule has 1 aromatic heterocycles. The van der Waals surface area contributed by atoms with E-state index in [1.807, 2.05) is 0 Å². The van der Waals surface area contributed by atoms with Gasteiger partial charge in [-0.25, -0.2) is 4.98 Å². The summed E-state index contributed by atoms with van der Waals surface area (Å²) in [4.78, 5) is 4.08. The van der Waals surface area contributed by atoms with Gasteiger partial charge in [0.2, 0.25) is 5.88 Å². The lowest BCUT2D eigenvalue weighted by Gasteiger charge is -2.21. The van der Waals surface area contributed by atoms with Gasteiger partial charge in [0, 0.05) is 19.3 Å². The zero-order chi connectivity index (χ0) is 10.5. The normalized spacial score (nSPS) is 17.6. The monoisotopic (exact) mass is 208 g/mol. The molecule has 2 rings (SSSR count). The predicted molar refractivity (Wildman–Crippen MR) is 57.7 cm³/mol. The molecule has 15 heavy (non-hydrogen) atoms. The minimum Gasteiger partial charge on any atom is -0.477 e. The molecule has 82 valence electrons. The van der Waals surface area contributed by atoms with Gasteiger partial charge in [-0.15, -0.1) is 0 Å². The summed E-state index contributed by atoms with van der Waals surface area (Å²) >= 11 is 0. The van der Waals surface area contributed by atoms with Crippen LogP contribution in [0.4, 0.5) is 5.69 Å². The highest BCUT2D eigenvalue weighted by atomic mass is 16.5. The fraction of sp³-hybridized carbons (Fsp3) is 0.545. The molecule has 1 fully saturated rings. The number of nitrogen functional groups attached to an aromatic ring is 1. The van der Waals surface area contributed by atoms with Crippen LogP contribution in [-0.2, 0) is 4.74 Å². The largest absolute Gasteiger partial charge is 0.477 e. The second-order valence-corrected chi connectivity index (χ2v) is 3.80. The molecule has 2 heterocycles. The molecule has 1 aromatic rings. The van der Waals surface area contributed by atoms with Crippen LogP contribution in [0.2, 0.25) is 0 Å². The van der Waals surface area contributed by atoms with Crippen molar-refractivity contribution in [2.45, 2.75) is 12.8 Å². The molecule has 0 bridgehead atoms. The van der Waals surface area contributed by atoms with Crippen LogP contribution in [0.15, 0.2) is 18.3 Å². The van der Waals surface area contributed by atoms with Gasteiger partial charge in [0.1, 0.15) is 0 Å². The number of pyridine rings is 1. The Balaban J connectivity index is 1.79. The lowest BCUT2D eigenvalue weighted by atomic mass is 10.0. The standard InChI is InChI=1S/C11H16N2O2/c12-10-1-2-11(13-7-10)15-8-9-3-5-14-6-4-9/h1-2,7,9H,3-6,8,12H2. The van der Waals surface area contributed by atoms with Crippen molar-refractivity contribution in [3.63, 3.8) is 0 Å². The highest BCUT2D eigenvalue weighted by molar-refractivity contribution is 5.35. The smallest absolute Gasteiger partial charge is 0.213 e. The molecule has 0 spiro atoms. The Hall–Kier alpha value is -1.29. The maximum Gasteiger partial charge on any atom is 0.213 e. The number of nitrogens with two attached hydrogens (primary N) is 1. The van der Waals surface area contributed by atoms with Gasteiger partial charge in [0.15, 0.2) is 0 Å². The molecule has 2 N–H and O–H groups in total. The summed E-state index contributed by atoms with van der Waals surface area (Å²) < 4.78 is 10.9. The molecule has 0 saturated carbocycles. The first kappa shape index (κ1) is 10.2. The van der Waals surface area contributed by atoms with Crippen LogP contribution >= 0.6 is 0 Å². The van der Waals surface area contributed by atoms with Gasteiger partial charge in [-0.05, 0) is 24.8 Å². The third-order valence-corrected chi connectivity index (χ3v) is 2.57. The van der Waals surface area contributed by atoms with Crippen molar-refractivity contribution in [3.05, 3.63) is 18.3 Å². The first-order valence-corrected chi connectivity index (χ1v) is 5.26. The van der Waals surface area contributed by atoms with E-state index in [1.54, 1.807) is 18.3 Å². The summed E-state index contributed by atoms with van der Waals surface area (Å²) in [6.45, 7) is 2.42. The van der Waals surface area contributed by atoms with Crippen LogP contribution in [0.5, 0.6) is 5.88 Å². The zero-order valence-electron chi connectivity index (χ0n) is 8.69. The fourth-order valence-corrected chi connectivity index (χ4v) is 1.59. The van der Waals surface area contributed by atoms with E-state index in [4.69, 9.17) is 15.2 Å². The van der Waals surface area contributed by atoms with Crippen molar-refractivity contribution in [1.29, 1.82) is 0 Å². The van der Waals surface area contributed by atoms with Gasteiger partial charge in [-0.3, -0.25) is 0 Å². The summed E-state index contributed by atoms with van der Waals surface area (Å²) in [7, 11) is 0. The molecular formula is C11H16N2O2. The molecule has 4 nitrogen and oxygen atoms in total. The minimum atomic E-state index is 0.595. The quantitative estimate of drug-likeness (QED) is 0.817. The Morgan fingerprint density at radius 3 is 2.87 bits per heavy atom. The zero-order valence-corrected chi connectivity index (χ0v) is 8.69. The molecule has 0 aliphatic carbocycles. The van der Waals surface area contributed by atoms with Crippen molar-refractivity contribution >= 4 is 5.69 Å². The number of ether oxygens (including phenoxy) is 2. The van der Waals surface area contributed by atoms with Gasteiger partial charge in [0.05, 0.1) is 18.5 Å². The molecule has 4 heteroatoms. The van der Waals surface area contributed by atoms with Crippen molar-refractivity contribution in [2.75, 3.05) is 25.6 Å². The van der Waals surface area contributed by atoms with E-state index in [1.165, 1.54) is 0 Å². The molecule has 1 aliphatic rings. The van der Waals surface area contributed by atoms with Crippen LogP contribution in [0.25, 0.3) is 0 Å². The summed E-state index contributed by atoms with van der Waals surface area (Å²) in [5.41, 5.74) is 6.19. The van der Waals surface area contributed by atoms with E-state index in [2.05, 4.69) is 4.98 Å². The molecule has 0 aromatic carbocycles.